The average Bonchev–Trinajstić information content (AvgIpc) is 2.15. The first-order valence-electron chi connectivity index (χ1n) is 4.44. The van der Waals surface area contributed by atoms with Crippen LogP contribution in [0.1, 0.15) is 6.92 Å². The lowest BCUT2D eigenvalue weighted by atomic mass is 10.4. The number of anilines is 2. The third-order valence-corrected chi connectivity index (χ3v) is 1.59. The zero-order chi connectivity index (χ0) is 10.4. The predicted molar refractivity (Wildman–Crippen MR) is 55.8 cm³/mol. The molecular weight excluding hydrogens is 180 g/mol. The van der Waals surface area contributed by atoms with Crippen LogP contribution in [0.15, 0.2) is 18.3 Å². The van der Waals surface area contributed by atoms with Gasteiger partial charge in [-0.3, -0.25) is 4.79 Å². The van der Waals surface area contributed by atoms with Crippen LogP contribution in [0.4, 0.5) is 11.5 Å². The first-order valence-corrected chi connectivity index (χ1v) is 4.44. The van der Waals surface area contributed by atoms with Crippen molar-refractivity contribution in [3.05, 3.63) is 18.3 Å². The third kappa shape index (κ3) is 3.30. The molecule has 0 saturated carbocycles. The van der Waals surface area contributed by atoms with Crippen LogP contribution >= 0.6 is 0 Å². The van der Waals surface area contributed by atoms with Gasteiger partial charge in [-0.1, -0.05) is 0 Å². The summed E-state index contributed by atoms with van der Waals surface area (Å²) in [4.78, 5) is 15.1. The van der Waals surface area contributed by atoms with Gasteiger partial charge in [0.2, 0.25) is 5.91 Å². The van der Waals surface area contributed by atoms with Crippen LogP contribution in [0.2, 0.25) is 0 Å². The van der Waals surface area contributed by atoms with Crippen molar-refractivity contribution in [1.29, 1.82) is 0 Å². The van der Waals surface area contributed by atoms with Crippen LogP contribution < -0.4 is 16.4 Å². The molecule has 0 aliphatic carbocycles. The van der Waals surface area contributed by atoms with Crippen molar-refractivity contribution >= 4 is 17.4 Å². The standard InChI is InChI=1S/C9H14N4O/c1-2-11-9(14)6-13-8-5-7(10)3-4-12-8/h3-5H,2,6H2,1H3,(H,11,14)(H3,10,12,13). The van der Waals surface area contributed by atoms with Crippen molar-refractivity contribution in [2.75, 3.05) is 24.1 Å². The van der Waals surface area contributed by atoms with Gasteiger partial charge in [0, 0.05) is 24.5 Å². The predicted octanol–water partition coefficient (Wildman–Crippen LogP) is 0.212. The second-order valence-electron chi connectivity index (χ2n) is 2.78. The van der Waals surface area contributed by atoms with E-state index in [4.69, 9.17) is 5.73 Å². The van der Waals surface area contributed by atoms with Crippen LogP contribution in [0, 0.1) is 0 Å². The van der Waals surface area contributed by atoms with Gasteiger partial charge in [-0.2, -0.15) is 0 Å². The van der Waals surface area contributed by atoms with E-state index in [1.54, 1.807) is 18.3 Å². The second kappa shape index (κ2) is 5.06. The molecule has 5 nitrogen and oxygen atoms in total. The van der Waals surface area contributed by atoms with Crippen molar-refractivity contribution in [2.24, 2.45) is 0 Å². The molecule has 1 aromatic rings. The molecule has 5 heteroatoms. The highest BCUT2D eigenvalue weighted by atomic mass is 16.1. The maximum Gasteiger partial charge on any atom is 0.239 e. The molecule has 0 radical (unpaired) electrons. The Labute approximate surface area is 82.7 Å². The summed E-state index contributed by atoms with van der Waals surface area (Å²) in [6.45, 7) is 2.71. The van der Waals surface area contributed by atoms with E-state index in [9.17, 15) is 4.79 Å². The van der Waals surface area contributed by atoms with E-state index in [1.807, 2.05) is 6.92 Å². The Morgan fingerprint density at radius 2 is 2.43 bits per heavy atom. The molecule has 1 rings (SSSR count). The highest BCUT2D eigenvalue weighted by molar-refractivity contribution is 5.80. The number of nitrogens with zero attached hydrogens (tertiary/aromatic N) is 1. The molecule has 0 fully saturated rings. The highest BCUT2D eigenvalue weighted by Crippen LogP contribution is 2.06. The third-order valence-electron chi connectivity index (χ3n) is 1.59. The molecule has 1 amide bonds. The van der Waals surface area contributed by atoms with Crippen molar-refractivity contribution in [3.63, 3.8) is 0 Å². The molecule has 1 aromatic heterocycles. The van der Waals surface area contributed by atoms with Crippen molar-refractivity contribution in [2.45, 2.75) is 6.92 Å². The smallest absolute Gasteiger partial charge is 0.239 e. The van der Waals surface area contributed by atoms with Crippen LogP contribution in [-0.4, -0.2) is 24.0 Å². The number of carbonyl (C=O) groups is 1. The molecule has 0 saturated heterocycles. The normalized spacial score (nSPS) is 9.50. The maximum atomic E-state index is 11.1. The monoisotopic (exact) mass is 194 g/mol. The summed E-state index contributed by atoms with van der Waals surface area (Å²) in [6, 6.07) is 3.37. The number of amides is 1. The second-order valence-corrected chi connectivity index (χ2v) is 2.78. The molecule has 0 aliphatic heterocycles. The van der Waals surface area contributed by atoms with E-state index in [0.717, 1.165) is 0 Å². The molecule has 14 heavy (non-hydrogen) atoms. The van der Waals surface area contributed by atoms with E-state index in [0.29, 0.717) is 18.1 Å². The summed E-state index contributed by atoms with van der Waals surface area (Å²) < 4.78 is 0. The number of likely N-dealkylation sites (N-methyl/N-ethyl adjacent to an activating group) is 1. The van der Waals surface area contributed by atoms with Gasteiger partial charge in [0.15, 0.2) is 0 Å². The zero-order valence-electron chi connectivity index (χ0n) is 8.08. The number of rotatable bonds is 4. The van der Waals surface area contributed by atoms with Crippen LogP contribution in [-0.2, 0) is 4.79 Å². The number of carbonyl (C=O) groups excluding carboxylic acids is 1. The lowest BCUT2D eigenvalue weighted by molar-refractivity contribution is -0.119. The molecule has 4 N–H and O–H groups in total. The Balaban J connectivity index is 2.41. The van der Waals surface area contributed by atoms with Crippen LogP contribution in [0.3, 0.4) is 0 Å². The van der Waals surface area contributed by atoms with Gasteiger partial charge >= 0.3 is 0 Å². The number of pyridine rings is 1. The Bertz CT molecular complexity index is 313. The van der Waals surface area contributed by atoms with Crippen LogP contribution in [0.5, 0.6) is 0 Å². The molecule has 76 valence electrons. The fraction of sp³-hybridized carbons (Fsp3) is 0.333. The summed E-state index contributed by atoms with van der Waals surface area (Å²) in [5.74, 6) is 0.549. The average molecular weight is 194 g/mol. The number of nitrogens with two attached hydrogens (primary N) is 1. The van der Waals surface area contributed by atoms with E-state index < -0.39 is 0 Å². The largest absolute Gasteiger partial charge is 0.399 e. The van der Waals surface area contributed by atoms with Gasteiger partial charge in [-0.05, 0) is 13.0 Å². The van der Waals surface area contributed by atoms with Crippen molar-refractivity contribution in [1.82, 2.24) is 10.3 Å². The zero-order valence-corrected chi connectivity index (χ0v) is 8.08. The lowest BCUT2D eigenvalue weighted by Crippen LogP contribution is -2.29. The van der Waals surface area contributed by atoms with E-state index in [-0.39, 0.29) is 12.5 Å². The maximum absolute atomic E-state index is 11.1. The van der Waals surface area contributed by atoms with E-state index in [2.05, 4.69) is 15.6 Å². The quantitative estimate of drug-likeness (QED) is 0.640. The minimum absolute atomic E-state index is 0.0586. The molecule has 0 unspecified atom stereocenters. The molecule has 0 aliphatic rings. The van der Waals surface area contributed by atoms with Gasteiger partial charge in [0.05, 0.1) is 6.54 Å². The van der Waals surface area contributed by atoms with Gasteiger partial charge in [0.25, 0.3) is 0 Å². The number of aromatic nitrogens is 1. The van der Waals surface area contributed by atoms with Gasteiger partial charge in [-0.15, -0.1) is 0 Å². The molecule has 0 spiro atoms. The topological polar surface area (TPSA) is 80.0 Å². The number of hydrogen-bond donors (Lipinski definition) is 3. The van der Waals surface area contributed by atoms with Gasteiger partial charge in [0.1, 0.15) is 5.82 Å². The van der Waals surface area contributed by atoms with Gasteiger partial charge < -0.3 is 16.4 Å². The van der Waals surface area contributed by atoms with Crippen molar-refractivity contribution in [3.8, 4) is 0 Å². The number of nitrogen functional groups attached to an aromatic ring is 1. The number of nitrogens with one attached hydrogen (secondary N) is 2. The Hall–Kier alpha value is -1.78. The first-order chi connectivity index (χ1) is 6.72. The summed E-state index contributed by atoms with van der Waals surface area (Å²) in [6.07, 6.45) is 1.59. The van der Waals surface area contributed by atoms with Crippen LogP contribution in [0.25, 0.3) is 0 Å². The van der Waals surface area contributed by atoms with Crippen molar-refractivity contribution < 1.29 is 4.79 Å². The SMILES string of the molecule is CCNC(=O)CNc1cc(N)ccn1. The lowest BCUT2D eigenvalue weighted by Gasteiger charge is -2.05. The number of hydrogen-bond acceptors (Lipinski definition) is 4. The Morgan fingerprint density at radius 3 is 3.07 bits per heavy atom. The Morgan fingerprint density at radius 1 is 1.64 bits per heavy atom. The molecular formula is C9H14N4O. The minimum Gasteiger partial charge on any atom is -0.399 e. The Kier molecular flexibility index (Phi) is 3.72. The summed E-state index contributed by atoms with van der Waals surface area (Å²) in [5.41, 5.74) is 6.17. The summed E-state index contributed by atoms with van der Waals surface area (Å²) in [5, 5.41) is 5.54. The fourth-order valence-corrected chi connectivity index (χ4v) is 0.974. The summed E-state index contributed by atoms with van der Waals surface area (Å²) in [7, 11) is 0. The van der Waals surface area contributed by atoms with Gasteiger partial charge in [-0.25, -0.2) is 4.98 Å². The van der Waals surface area contributed by atoms with E-state index >= 15 is 0 Å². The first kappa shape index (κ1) is 10.3. The highest BCUT2D eigenvalue weighted by Gasteiger charge is 1.99. The molecule has 0 bridgehead atoms. The summed E-state index contributed by atoms with van der Waals surface area (Å²) >= 11 is 0. The molecule has 0 atom stereocenters. The fourth-order valence-electron chi connectivity index (χ4n) is 0.974. The molecule has 1 heterocycles. The molecule has 0 aromatic carbocycles. The minimum atomic E-state index is -0.0586. The van der Waals surface area contributed by atoms with E-state index in [1.165, 1.54) is 0 Å².